The van der Waals surface area contributed by atoms with Gasteiger partial charge in [-0.05, 0) is 48.4 Å². The molecule has 1 amide bonds. The predicted molar refractivity (Wildman–Crippen MR) is 102 cm³/mol. The van der Waals surface area contributed by atoms with E-state index >= 15 is 0 Å². The van der Waals surface area contributed by atoms with E-state index in [0.717, 1.165) is 12.1 Å². The van der Waals surface area contributed by atoms with Crippen molar-refractivity contribution in [3.63, 3.8) is 0 Å². The lowest BCUT2D eigenvalue weighted by atomic mass is 10.1. The van der Waals surface area contributed by atoms with Crippen molar-refractivity contribution in [2.45, 2.75) is 13.1 Å². The van der Waals surface area contributed by atoms with Crippen molar-refractivity contribution in [3.8, 4) is 11.4 Å². The van der Waals surface area contributed by atoms with E-state index in [1.54, 1.807) is 51.6 Å². The second kappa shape index (κ2) is 7.86. The molecule has 0 spiro atoms. The third-order valence-corrected chi connectivity index (χ3v) is 4.06. The van der Waals surface area contributed by atoms with Crippen LogP contribution in [0.5, 0.6) is 0 Å². The number of carbonyl (C=O) groups excluding carboxylic acids is 1. The van der Waals surface area contributed by atoms with Crippen LogP contribution in [0.3, 0.4) is 0 Å². The van der Waals surface area contributed by atoms with E-state index in [1.165, 1.54) is 22.1 Å². The van der Waals surface area contributed by atoms with E-state index in [-0.39, 0.29) is 17.3 Å². The molecular formula is C20H18F3N5O. The molecule has 1 aromatic carbocycles. The first-order chi connectivity index (χ1) is 13.6. The maximum atomic E-state index is 13.1. The molecule has 0 aliphatic carbocycles. The van der Waals surface area contributed by atoms with Gasteiger partial charge >= 0.3 is 6.18 Å². The Hall–Kier alpha value is -3.49. The van der Waals surface area contributed by atoms with Crippen LogP contribution in [-0.2, 0) is 11.0 Å². The van der Waals surface area contributed by atoms with Crippen molar-refractivity contribution in [1.29, 1.82) is 0 Å². The van der Waals surface area contributed by atoms with E-state index in [2.05, 4.69) is 15.1 Å². The molecule has 0 unspecified atom stereocenters. The largest absolute Gasteiger partial charge is 0.416 e. The Morgan fingerprint density at radius 3 is 2.45 bits per heavy atom. The molecule has 150 valence electrons. The fraction of sp³-hybridized carbons (Fsp3) is 0.200. The number of hydrogen-bond donors (Lipinski definition) is 0. The summed E-state index contributed by atoms with van der Waals surface area (Å²) in [5.41, 5.74) is 0.898. The molecular weight excluding hydrogens is 383 g/mol. The molecule has 0 saturated heterocycles. The van der Waals surface area contributed by atoms with Gasteiger partial charge in [-0.25, -0.2) is 9.67 Å². The van der Waals surface area contributed by atoms with E-state index in [9.17, 15) is 18.0 Å². The van der Waals surface area contributed by atoms with Crippen molar-refractivity contribution >= 4 is 17.7 Å². The van der Waals surface area contributed by atoms with Crippen LogP contribution in [0.1, 0.15) is 16.7 Å². The maximum Gasteiger partial charge on any atom is 0.416 e. The fourth-order valence-electron chi connectivity index (χ4n) is 2.70. The van der Waals surface area contributed by atoms with Crippen LogP contribution in [-0.4, -0.2) is 44.7 Å². The highest BCUT2D eigenvalue weighted by molar-refractivity contribution is 6.22. The standard InChI is InChI=1S/C20H18F3N5O/c1-13-8-15(10-16(9-13)20(21,22)23)18-25-12-28(26-18)11-17(19(29)27(2)3)14-4-6-24-7-5-14/h4-12H,1-3H3/b17-11-. The van der Waals surface area contributed by atoms with E-state index in [0.29, 0.717) is 16.7 Å². The molecule has 0 atom stereocenters. The second-order valence-electron chi connectivity index (χ2n) is 6.61. The van der Waals surface area contributed by atoms with Crippen molar-refractivity contribution in [2.75, 3.05) is 14.1 Å². The number of hydrogen-bond acceptors (Lipinski definition) is 4. The minimum Gasteiger partial charge on any atom is -0.345 e. The number of nitrogens with zero attached hydrogens (tertiary/aromatic N) is 5. The van der Waals surface area contributed by atoms with Crippen LogP contribution < -0.4 is 0 Å². The van der Waals surface area contributed by atoms with Crippen LogP contribution in [0.2, 0.25) is 0 Å². The molecule has 2 heterocycles. The van der Waals surface area contributed by atoms with Crippen LogP contribution in [0.25, 0.3) is 23.2 Å². The predicted octanol–water partition coefficient (Wildman–Crippen LogP) is 3.75. The van der Waals surface area contributed by atoms with Gasteiger partial charge in [0.2, 0.25) is 0 Å². The minimum atomic E-state index is -4.46. The van der Waals surface area contributed by atoms with Crippen LogP contribution in [0.4, 0.5) is 13.2 Å². The zero-order valence-electron chi connectivity index (χ0n) is 16.0. The van der Waals surface area contributed by atoms with Crippen molar-refractivity contribution in [2.24, 2.45) is 0 Å². The number of halogens is 3. The smallest absolute Gasteiger partial charge is 0.345 e. The molecule has 6 nitrogen and oxygen atoms in total. The molecule has 0 bridgehead atoms. The average molecular weight is 401 g/mol. The van der Waals surface area contributed by atoms with E-state index < -0.39 is 11.7 Å². The molecule has 0 aliphatic heterocycles. The fourth-order valence-corrected chi connectivity index (χ4v) is 2.70. The normalized spacial score (nSPS) is 12.1. The zero-order chi connectivity index (χ0) is 21.2. The number of alkyl halides is 3. The highest BCUT2D eigenvalue weighted by atomic mass is 19.4. The Morgan fingerprint density at radius 2 is 1.83 bits per heavy atom. The summed E-state index contributed by atoms with van der Waals surface area (Å²) in [5.74, 6) is -0.134. The number of benzene rings is 1. The molecule has 3 rings (SSSR count). The monoisotopic (exact) mass is 401 g/mol. The lowest BCUT2D eigenvalue weighted by molar-refractivity contribution is -0.137. The molecule has 0 aliphatic rings. The number of aryl methyl sites for hydroxylation is 1. The van der Waals surface area contributed by atoms with Gasteiger partial charge in [0.15, 0.2) is 5.82 Å². The molecule has 0 saturated carbocycles. The second-order valence-corrected chi connectivity index (χ2v) is 6.61. The molecule has 9 heteroatoms. The summed E-state index contributed by atoms with van der Waals surface area (Å²) in [5, 5.41) is 4.23. The highest BCUT2D eigenvalue weighted by Gasteiger charge is 2.31. The van der Waals surface area contributed by atoms with Crippen molar-refractivity contribution in [1.82, 2.24) is 24.6 Å². The third kappa shape index (κ3) is 4.68. The Labute approximate surface area is 165 Å². The lowest BCUT2D eigenvalue weighted by Crippen LogP contribution is -2.23. The van der Waals surface area contributed by atoms with Gasteiger partial charge in [0.1, 0.15) is 6.33 Å². The first-order valence-corrected chi connectivity index (χ1v) is 8.59. The highest BCUT2D eigenvalue weighted by Crippen LogP contribution is 2.32. The summed E-state index contributed by atoms with van der Waals surface area (Å²) in [4.78, 5) is 22.0. The topological polar surface area (TPSA) is 63.9 Å². The number of carbonyl (C=O) groups is 1. The molecule has 2 aromatic heterocycles. The molecule has 0 N–H and O–H groups in total. The molecule has 29 heavy (non-hydrogen) atoms. The Morgan fingerprint density at radius 1 is 1.14 bits per heavy atom. The van der Waals surface area contributed by atoms with Crippen molar-refractivity contribution in [3.05, 3.63) is 65.7 Å². The summed E-state index contributed by atoms with van der Waals surface area (Å²) in [6.07, 6.45) is 1.48. The Bertz CT molecular complexity index is 1060. The lowest BCUT2D eigenvalue weighted by Gasteiger charge is -2.13. The minimum absolute atomic E-state index is 0.127. The van der Waals surface area contributed by atoms with Gasteiger partial charge in [-0.3, -0.25) is 9.78 Å². The quantitative estimate of drug-likeness (QED) is 0.625. The summed E-state index contributed by atoms with van der Waals surface area (Å²) in [6, 6.07) is 7.01. The SMILES string of the molecule is Cc1cc(-c2ncn(/C=C(\C(=O)N(C)C)c3ccncc3)n2)cc(C(F)(F)F)c1. The van der Waals surface area contributed by atoms with Gasteiger partial charge in [0.25, 0.3) is 5.91 Å². The summed E-state index contributed by atoms with van der Waals surface area (Å²) < 4.78 is 40.6. The van der Waals surface area contributed by atoms with Crippen LogP contribution >= 0.6 is 0 Å². The first kappa shape index (κ1) is 20.2. The van der Waals surface area contributed by atoms with Gasteiger partial charge in [0, 0.05) is 38.3 Å². The first-order valence-electron chi connectivity index (χ1n) is 8.59. The number of rotatable bonds is 4. The molecule has 0 radical (unpaired) electrons. The van der Waals surface area contributed by atoms with Crippen LogP contribution in [0, 0.1) is 6.92 Å². The van der Waals surface area contributed by atoms with Gasteiger partial charge in [-0.1, -0.05) is 0 Å². The van der Waals surface area contributed by atoms with Gasteiger partial charge in [-0.15, -0.1) is 5.10 Å². The van der Waals surface area contributed by atoms with E-state index in [4.69, 9.17) is 0 Å². The van der Waals surface area contributed by atoms with Gasteiger partial charge in [0.05, 0.1) is 11.1 Å². The Kier molecular flexibility index (Phi) is 5.49. The summed E-state index contributed by atoms with van der Waals surface area (Å²) in [7, 11) is 3.24. The third-order valence-electron chi connectivity index (χ3n) is 4.06. The number of amides is 1. The Balaban J connectivity index is 2.02. The summed E-state index contributed by atoms with van der Waals surface area (Å²) in [6.45, 7) is 1.58. The summed E-state index contributed by atoms with van der Waals surface area (Å²) >= 11 is 0. The van der Waals surface area contributed by atoms with Crippen LogP contribution in [0.15, 0.2) is 49.1 Å². The molecule has 0 fully saturated rings. The molecule has 3 aromatic rings. The van der Waals surface area contributed by atoms with Gasteiger partial charge < -0.3 is 4.90 Å². The number of pyridine rings is 1. The van der Waals surface area contributed by atoms with E-state index in [1.807, 2.05) is 0 Å². The number of likely N-dealkylation sites (N-methyl/N-ethyl adjacent to an activating group) is 1. The van der Waals surface area contributed by atoms with Crippen molar-refractivity contribution < 1.29 is 18.0 Å². The zero-order valence-corrected chi connectivity index (χ0v) is 16.0. The average Bonchev–Trinajstić information content (AvgIpc) is 3.14. The van der Waals surface area contributed by atoms with Gasteiger partial charge in [-0.2, -0.15) is 13.2 Å². The maximum absolute atomic E-state index is 13.1. The number of aromatic nitrogens is 4.